The van der Waals surface area contributed by atoms with E-state index in [-0.39, 0.29) is 11.4 Å². The van der Waals surface area contributed by atoms with Crippen molar-refractivity contribution in [1.82, 2.24) is 4.90 Å². The Labute approximate surface area is 232 Å². The lowest BCUT2D eigenvalue weighted by atomic mass is 10.0. The van der Waals surface area contributed by atoms with Gasteiger partial charge < -0.3 is 14.8 Å². The molecule has 0 spiro atoms. The molecule has 1 saturated heterocycles. The summed E-state index contributed by atoms with van der Waals surface area (Å²) in [4.78, 5) is 39.4. The number of benzene rings is 3. The predicted molar refractivity (Wildman–Crippen MR) is 155 cm³/mol. The standard InChI is InChI=1S/C31H30N2O5S/c1-4-9-24-16-23(17-26(37-3)29(24)38-20-22-10-7-6-8-11-22)18-27-30(35)33(31(36)39-27)19-28(34)32-25-14-12-21(5-2)13-15-25/h4,6-8,10-18H,1,5,9,19-20H2,2-3H3,(H,32,34)/b27-18-. The maximum atomic E-state index is 13.0. The number of thioether (sulfide) groups is 1. The van der Waals surface area contributed by atoms with Crippen molar-refractivity contribution in [3.8, 4) is 11.5 Å². The number of ether oxygens (including phenoxy) is 2. The third-order valence-electron chi connectivity index (χ3n) is 6.08. The number of anilines is 1. The van der Waals surface area contributed by atoms with Crippen molar-refractivity contribution >= 4 is 40.6 Å². The molecule has 0 unspecified atom stereocenters. The van der Waals surface area contributed by atoms with Crippen LogP contribution in [-0.2, 0) is 29.0 Å². The number of aryl methyl sites for hydroxylation is 1. The highest BCUT2D eigenvalue weighted by Gasteiger charge is 2.36. The van der Waals surface area contributed by atoms with Crippen molar-refractivity contribution in [2.75, 3.05) is 19.0 Å². The topological polar surface area (TPSA) is 84.9 Å². The Hall–Kier alpha value is -4.30. The second kappa shape index (κ2) is 13.0. The quantitative estimate of drug-likeness (QED) is 0.228. The van der Waals surface area contributed by atoms with Gasteiger partial charge in [-0.25, -0.2) is 0 Å². The largest absolute Gasteiger partial charge is 0.493 e. The zero-order chi connectivity index (χ0) is 27.8. The lowest BCUT2D eigenvalue weighted by Crippen LogP contribution is -2.36. The van der Waals surface area contributed by atoms with Gasteiger partial charge in [-0.3, -0.25) is 19.3 Å². The first-order chi connectivity index (χ1) is 18.9. The van der Waals surface area contributed by atoms with E-state index in [1.165, 1.54) is 0 Å². The zero-order valence-corrected chi connectivity index (χ0v) is 22.8. The minimum atomic E-state index is -0.518. The monoisotopic (exact) mass is 542 g/mol. The maximum absolute atomic E-state index is 13.0. The number of rotatable bonds is 11. The Bertz CT molecular complexity index is 1400. The fourth-order valence-corrected chi connectivity index (χ4v) is 4.91. The molecular formula is C31H30N2O5S. The molecule has 0 atom stereocenters. The van der Waals surface area contributed by atoms with Crippen molar-refractivity contribution in [2.45, 2.75) is 26.4 Å². The van der Waals surface area contributed by atoms with E-state index < -0.39 is 17.1 Å². The summed E-state index contributed by atoms with van der Waals surface area (Å²) in [5.41, 5.74) is 4.27. The number of nitrogens with zero attached hydrogens (tertiary/aromatic N) is 1. The van der Waals surface area contributed by atoms with Crippen LogP contribution in [0.5, 0.6) is 11.5 Å². The molecule has 1 fully saturated rings. The summed E-state index contributed by atoms with van der Waals surface area (Å²) in [6, 6.07) is 20.9. The Morgan fingerprint density at radius 1 is 1.05 bits per heavy atom. The molecule has 3 amide bonds. The van der Waals surface area contributed by atoms with E-state index in [1.54, 1.807) is 37.5 Å². The SMILES string of the molecule is C=CCc1cc(/C=C2\SC(=O)N(CC(=O)Nc3ccc(CC)cc3)C2=O)cc(OC)c1OCc1ccccc1. The minimum absolute atomic E-state index is 0.227. The average molecular weight is 543 g/mol. The molecular weight excluding hydrogens is 512 g/mol. The summed E-state index contributed by atoms with van der Waals surface area (Å²) >= 11 is 0.801. The lowest BCUT2D eigenvalue weighted by molar-refractivity contribution is -0.127. The maximum Gasteiger partial charge on any atom is 0.294 e. The predicted octanol–water partition coefficient (Wildman–Crippen LogP) is 6.24. The highest BCUT2D eigenvalue weighted by molar-refractivity contribution is 8.18. The number of imide groups is 1. The summed E-state index contributed by atoms with van der Waals surface area (Å²) in [6.07, 6.45) is 4.79. The normalized spacial score (nSPS) is 14.0. The van der Waals surface area contributed by atoms with Gasteiger partial charge in [0.05, 0.1) is 12.0 Å². The van der Waals surface area contributed by atoms with Crippen LogP contribution < -0.4 is 14.8 Å². The fraction of sp³-hybridized carbons (Fsp3) is 0.194. The number of carbonyl (C=O) groups excluding carboxylic acids is 3. The summed E-state index contributed by atoms with van der Waals surface area (Å²) in [5, 5.41) is 2.24. The molecule has 1 N–H and O–H groups in total. The number of hydrogen-bond acceptors (Lipinski definition) is 6. The van der Waals surface area contributed by atoms with Gasteiger partial charge in [0.15, 0.2) is 11.5 Å². The number of carbonyl (C=O) groups is 3. The van der Waals surface area contributed by atoms with Crippen LogP contribution in [0.15, 0.2) is 84.3 Å². The summed E-state index contributed by atoms with van der Waals surface area (Å²) in [7, 11) is 1.55. The molecule has 7 nitrogen and oxygen atoms in total. The number of amides is 3. The number of hydrogen-bond donors (Lipinski definition) is 1. The second-order valence-corrected chi connectivity index (χ2v) is 9.84. The molecule has 4 rings (SSSR count). The van der Waals surface area contributed by atoms with E-state index in [2.05, 4.69) is 11.9 Å². The highest BCUT2D eigenvalue weighted by Crippen LogP contribution is 2.37. The van der Waals surface area contributed by atoms with Crippen molar-refractivity contribution in [3.63, 3.8) is 0 Å². The number of methoxy groups -OCH3 is 1. The first-order valence-electron chi connectivity index (χ1n) is 12.5. The summed E-state index contributed by atoms with van der Waals surface area (Å²) in [5.74, 6) is 0.132. The smallest absolute Gasteiger partial charge is 0.294 e. The molecule has 0 aliphatic carbocycles. The van der Waals surface area contributed by atoms with E-state index in [9.17, 15) is 14.4 Å². The van der Waals surface area contributed by atoms with Crippen molar-refractivity contribution < 1.29 is 23.9 Å². The molecule has 0 bridgehead atoms. The zero-order valence-electron chi connectivity index (χ0n) is 21.9. The number of allylic oxidation sites excluding steroid dienone is 1. The molecule has 39 heavy (non-hydrogen) atoms. The molecule has 1 aliphatic heterocycles. The highest BCUT2D eigenvalue weighted by atomic mass is 32.2. The van der Waals surface area contributed by atoms with Gasteiger partial charge in [0.25, 0.3) is 11.1 Å². The van der Waals surface area contributed by atoms with Crippen molar-refractivity contribution in [3.05, 3.63) is 107 Å². The van der Waals surface area contributed by atoms with Crippen LogP contribution in [0.1, 0.15) is 29.2 Å². The molecule has 3 aromatic carbocycles. The fourth-order valence-electron chi connectivity index (χ4n) is 4.07. The first-order valence-corrected chi connectivity index (χ1v) is 13.4. The Kier molecular flexibility index (Phi) is 9.22. The third-order valence-corrected chi connectivity index (χ3v) is 6.99. The summed E-state index contributed by atoms with van der Waals surface area (Å²) in [6.45, 7) is 5.89. The van der Waals surface area contributed by atoms with Crippen LogP contribution in [0.3, 0.4) is 0 Å². The van der Waals surface area contributed by atoms with E-state index >= 15 is 0 Å². The molecule has 0 saturated carbocycles. The van der Waals surface area contributed by atoms with Crippen molar-refractivity contribution in [1.29, 1.82) is 0 Å². The molecule has 200 valence electrons. The van der Waals surface area contributed by atoms with E-state index in [4.69, 9.17) is 9.47 Å². The van der Waals surface area contributed by atoms with Crippen LogP contribution >= 0.6 is 11.8 Å². The van der Waals surface area contributed by atoms with E-state index in [0.717, 1.165) is 39.8 Å². The van der Waals surface area contributed by atoms with Crippen LogP contribution in [0.4, 0.5) is 10.5 Å². The number of nitrogens with one attached hydrogen (secondary N) is 1. The summed E-state index contributed by atoms with van der Waals surface area (Å²) < 4.78 is 11.7. The van der Waals surface area contributed by atoms with Crippen molar-refractivity contribution in [2.24, 2.45) is 0 Å². The van der Waals surface area contributed by atoms with Gasteiger partial charge in [0.1, 0.15) is 13.2 Å². The second-order valence-electron chi connectivity index (χ2n) is 8.84. The first kappa shape index (κ1) is 27.7. The van der Waals surface area contributed by atoms with Gasteiger partial charge in [-0.05, 0) is 71.6 Å². The molecule has 8 heteroatoms. The van der Waals surface area contributed by atoms with Crippen LogP contribution in [0.2, 0.25) is 0 Å². The minimum Gasteiger partial charge on any atom is -0.493 e. The van der Waals surface area contributed by atoms with Gasteiger partial charge in [-0.15, -0.1) is 6.58 Å². The Balaban J connectivity index is 1.50. The van der Waals surface area contributed by atoms with Crippen LogP contribution in [0, 0.1) is 0 Å². The van der Waals surface area contributed by atoms with E-state index in [0.29, 0.717) is 35.8 Å². The van der Waals surface area contributed by atoms with Gasteiger partial charge >= 0.3 is 0 Å². The molecule has 1 aliphatic rings. The van der Waals surface area contributed by atoms with Gasteiger partial charge in [0, 0.05) is 11.3 Å². The Morgan fingerprint density at radius 3 is 2.46 bits per heavy atom. The van der Waals surface area contributed by atoms with Crippen LogP contribution in [-0.4, -0.2) is 35.6 Å². The van der Waals surface area contributed by atoms with E-state index in [1.807, 2.05) is 55.5 Å². The van der Waals surface area contributed by atoms with Gasteiger partial charge in [-0.1, -0.05) is 55.5 Å². The molecule has 3 aromatic rings. The molecule has 0 radical (unpaired) electrons. The third kappa shape index (κ3) is 6.97. The van der Waals surface area contributed by atoms with Gasteiger partial charge in [-0.2, -0.15) is 0 Å². The Morgan fingerprint density at radius 2 is 1.79 bits per heavy atom. The lowest BCUT2D eigenvalue weighted by Gasteiger charge is -2.16. The average Bonchev–Trinajstić information content (AvgIpc) is 3.20. The molecule has 0 aromatic heterocycles. The van der Waals surface area contributed by atoms with Gasteiger partial charge in [0.2, 0.25) is 5.91 Å². The van der Waals surface area contributed by atoms with Crippen LogP contribution in [0.25, 0.3) is 6.08 Å². The molecule has 1 heterocycles.